The van der Waals surface area contributed by atoms with Crippen molar-refractivity contribution in [3.63, 3.8) is 0 Å². The third-order valence-electron chi connectivity index (χ3n) is 4.42. The number of hydrogen-bond acceptors (Lipinski definition) is 4. The number of nitrogens with one attached hydrogen (secondary N) is 1. The van der Waals surface area contributed by atoms with Crippen LogP contribution in [0.1, 0.15) is 36.2 Å². The molecule has 2 aromatic rings. The van der Waals surface area contributed by atoms with Crippen LogP contribution in [0.4, 0.5) is 0 Å². The first-order valence-electron chi connectivity index (χ1n) is 8.28. The zero-order chi connectivity index (χ0) is 18.0. The van der Waals surface area contributed by atoms with Gasteiger partial charge in [-0.1, -0.05) is 11.6 Å². The number of rotatable bonds is 5. The SMILES string of the molecule is CS(=O)(=O)NCCC1CCCCN1C(=O)c1cc2cc(Cl)ccc2o1. The molecule has 1 fully saturated rings. The zero-order valence-corrected chi connectivity index (χ0v) is 15.6. The van der Waals surface area contributed by atoms with E-state index in [1.54, 1.807) is 29.2 Å². The molecule has 25 heavy (non-hydrogen) atoms. The summed E-state index contributed by atoms with van der Waals surface area (Å²) in [6.07, 6.45) is 4.56. The van der Waals surface area contributed by atoms with Gasteiger partial charge in [0, 0.05) is 29.5 Å². The maximum absolute atomic E-state index is 12.9. The molecule has 1 unspecified atom stereocenters. The number of furan rings is 1. The van der Waals surface area contributed by atoms with Gasteiger partial charge in [-0.15, -0.1) is 0 Å². The van der Waals surface area contributed by atoms with Crippen molar-refractivity contribution in [3.05, 3.63) is 35.0 Å². The molecular weight excluding hydrogens is 364 g/mol. The Hall–Kier alpha value is -1.57. The summed E-state index contributed by atoms with van der Waals surface area (Å²) in [7, 11) is -3.22. The Morgan fingerprint density at radius 2 is 2.16 bits per heavy atom. The number of carbonyl (C=O) groups excluding carboxylic acids is 1. The summed E-state index contributed by atoms with van der Waals surface area (Å²) in [4.78, 5) is 14.7. The number of hydrogen-bond donors (Lipinski definition) is 1. The maximum atomic E-state index is 12.9. The Balaban J connectivity index is 1.75. The molecule has 1 atom stereocenters. The number of fused-ring (bicyclic) bond motifs is 1. The molecule has 1 saturated heterocycles. The molecule has 0 saturated carbocycles. The van der Waals surface area contributed by atoms with Gasteiger partial charge in [-0.25, -0.2) is 13.1 Å². The highest BCUT2D eigenvalue weighted by atomic mass is 35.5. The van der Waals surface area contributed by atoms with E-state index in [-0.39, 0.29) is 11.9 Å². The van der Waals surface area contributed by atoms with Gasteiger partial charge < -0.3 is 9.32 Å². The molecule has 8 heteroatoms. The number of nitrogens with zero attached hydrogens (tertiary/aromatic N) is 1. The van der Waals surface area contributed by atoms with Crippen LogP contribution >= 0.6 is 11.6 Å². The summed E-state index contributed by atoms with van der Waals surface area (Å²) in [5.74, 6) is 0.136. The predicted octanol–water partition coefficient (Wildman–Crippen LogP) is 3.02. The van der Waals surface area contributed by atoms with E-state index in [0.717, 1.165) is 30.9 Å². The highest BCUT2D eigenvalue weighted by molar-refractivity contribution is 7.88. The van der Waals surface area contributed by atoms with E-state index < -0.39 is 10.0 Å². The second-order valence-corrected chi connectivity index (χ2v) is 8.67. The van der Waals surface area contributed by atoms with Crippen LogP contribution in [0.2, 0.25) is 5.02 Å². The molecule has 0 radical (unpaired) electrons. The quantitative estimate of drug-likeness (QED) is 0.859. The fraction of sp³-hybridized carbons (Fsp3) is 0.471. The highest BCUT2D eigenvalue weighted by Gasteiger charge is 2.29. The first-order chi connectivity index (χ1) is 11.8. The minimum Gasteiger partial charge on any atom is -0.451 e. The second-order valence-electron chi connectivity index (χ2n) is 6.40. The van der Waals surface area contributed by atoms with Gasteiger partial charge in [-0.05, 0) is 49.9 Å². The summed E-state index contributed by atoms with van der Waals surface area (Å²) in [6.45, 7) is 0.975. The number of likely N-dealkylation sites (tertiary alicyclic amines) is 1. The van der Waals surface area contributed by atoms with Gasteiger partial charge in [0.05, 0.1) is 6.26 Å². The molecule has 0 aliphatic carbocycles. The van der Waals surface area contributed by atoms with Crippen LogP contribution < -0.4 is 4.72 Å². The van der Waals surface area contributed by atoms with E-state index in [4.69, 9.17) is 16.0 Å². The molecule has 0 spiro atoms. The Kier molecular flexibility index (Phi) is 5.36. The van der Waals surface area contributed by atoms with E-state index in [1.165, 1.54) is 0 Å². The third-order valence-corrected chi connectivity index (χ3v) is 5.38. The van der Waals surface area contributed by atoms with Crippen LogP contribution in [0.15, 0.2) is 28.7 Å². The molecule has 3 rings (SSSR count). The molecule has 1 aliphatic rings. The monoisotopic (exact) mass is 384 g/mol. The summed E-state index contributed by atoms with van der Waals surface area (Å²) >= 11 is 5.98. The summed E-state index contributed by atoms with van der Waals surface area (Å²) in [6, 6.07) is 6.96. The van der Waals surface area contributed by atoms with Crippen molar-refractivity contribution in [2.75, 3.05) is 19.3 Å². The van der Waals surface area contributed by atoms with E-state index >= 15 is 0 Å². The minimum atomic E-state index is -3.22. The fourth-order valence-electron chi connectivity index (χ4n) is 3.24. The Morgan fingerprint density at radius 1 is 1.36 bits per heavy atom. The Labute approximate surface area is 152 Å². The van der Waals surface area contributed by atoms with Crippen LogP contribution in [0.25, 0.3) is 11.0 Å². The van der Waals surface area contributed by atoms with Gasteiger partial charge in [0.2, 0.25) is 10.0 Å². The molecular formula is C17H21ClN2O4S. The molecule has 1 amide bonds. The first kappa shape index (κ1) is 18.2. The normalized spacial score (nSPS) is 18.6. The number of benzene rings is 1. The second kappa shape index (κ2) is 7.35. The number of sulfonamides is 1. The van der Waals surface area contributed by atoms with Crippen LogP contribution in [0, 0.1) is 0 Å². The van der Waals surface area contributed by atoms with Crippen molar-refractivity contribution in [1.82, 2.24) is 9.62 Å². The predicted molar refractivity (Wildman–Crippen MR) is 97.4 cm³/mol. The summed E-state index contributed by atoms with van der Waals surface area (Å²) < 4.78 is 30.6. The van der Waals surface area contributed by atoms with Gasteiger partial charge in [0.25, 0.3) is 5.91 Å². The summed E-state index contributed by atoms with van der Waals surface area (Å²) in [5, 5.41) is 1.39. The van der Waals surface area contributed by atoms with Gasteiger partial charge in [-0.3, -0.25) is 4.79 Å². The van der Waals surface area contributed by atoms with Crippen molar-refractivity contribution >= 4 is 38.5 Å². The van der Waals surface area contributed by atoms with Crippen LogP contribution in [-0.2, 0) is 10.0 Å². The average Bonchev–Trinajstić information content (AvgIpc) is 2.96. The lowest BCUT2D eigenvalue weighted by molar-refractivity contribution is 0.0574. The van der Waals surface area contributed by atoms with Gasteiger partial charge in [-0.2, -0.15) is 0 Å². The summed E-state index contributed by atoms with van der Waals surface area (Å²) in [5.41, 5.74) is 0.625. The van der Waals surface area contributed by atoms with Crippen LogP contribution in [-0.4, -0.2) is 44.6 Å². The largest absolute Gasteiger partial charge is 0.451 e. The van der Waals surface area contributed by atoms with E-state index in [2.05, 4.69) is 4.72 Å². The lowest BCUT2D eigenvalue weighted by Crippen LogP contribution is -2.45. The Morgan fingerprint density at radius 3 is 2.92 bits per heavy atom. The maximum Gasteiger partial charge on any atom is 0.289 e. The highest BCUT2D eigenvalue weighted by Crippen LogP contribution is 2.27. The molecule has 1 aromatic carbocycles. The fourth-order valence-corrected chi connectivity index (χ4v) is 3.91. The van der Waals surface area contributed by atoms with Gasteiger partial charge in [0.15, 0.2) is 5.76 Å². The smallest absolute Gasteiger partial charge is 0.289 e. The van der Waals surface area contributed by atoms with Crippen molar-refractivity contribution in [2.45, 2.75) is 31.7 Å². The molecule has 1 N–H and O–H groups in total. The lowest BCUT2D eigenvalue weighted by Gasteiger charge is -2.35. The van der Waals surface area contributed by atoms with Crippen LogP contribution in [0.5, 0.6) is 0 Å². The van der Waals surface area contributed by atoms with Gasteiger partial charge in [0.1, 0.15) is 5.58 Å². The number of piperidine rings is 1. The number of amides is 1. The molecule has 6 nitrogen and oxygen atoms in total. The average molecular weight is 385 g/mol. The molecule has 136 valence electrons. The minimum absolute atomic E-state index is 0.00676. The van der Waals surface area contributed by atoms with Crippen molar-refractivity contribution in [1.29, 1.82) is 0 Å². The standard InChI is InChI=1S/C17H21ClN2O4S/c1-25(22,23)19-8-7-14-4-2-3-9-20(14)17(21)16-11-12-10-13(18)5-6-15(12)24-16/h5-6,10-11,14,19H,2-4,7-9H2,1H3. The van der Waals surface area contributed by atoms with E-state index in [1.807, 2.05) is 0 Å². The number of carbonyl (C=O) groups is 1. The van der Waals surface area contributed by atoms with Crippen molar-refractivity contribution < 1.29 is 17.6 Å². The van der Waals surface area contributed by atoms with Crippen molar-refractivity contribution in [2.24, 2.45) is 0 Å². The van der Waals surface area contributed by atoms with Gasteiger partial charge >= 0.3 is 0 Å². The van der Waals surface area contributed by atoms with E-state index in [9.17, 15) is 13.2 Å². The van der Waals surface area contributed by atoms with E-state index in [0.29, 0.717) is 35.9 Å². The molecule has 1 aromatic heterocycles. The van der Waals surface area contributed by atoms with Crippen LogP contribution in [0.3, 0.4) is 0 Å². The number of halogens is 1. The van der Waals surface area contributed by atoms with Crippen molar-refractivity contribution in [3.8, 4) is 0 Å². The lowest BCUT2D eigenvalue weighted by atomic mass is 9.99. The molecule has 0 bridgehead atoms. The topological polar surface area (TPSA) is 79.6 Å². The zero-order valence-electron chi connectivity index (χ0n) is 14.0. The molecule has 2 heterocycles. The first-order valence-corrected chi connectivity index (χ1v) is 10.5. The Bertz CT molecular complexity index is 878. The third kappa shape index (κ3) is 4.54. The molecule has 1 aliphatic heterocycles.